The number of hydrogen-bond donors (Lipinski definition) is 0. The van der Waals surface area contributed by atoms with Gasteiger partial charge < -0.3 is 12.4 Å². The van der Waals surface area contributed by atoms with Crippen LogP contribution in [-0.4, -0.2) is 0 Å². The molecule has 0 radical (unpaired) electrons. The molecule has 0 atom stereocenters. The van der Waals surface area contributed by atoms with Gasteiger partial charge in [-0.25, -0.2) is 0 Å². The summed E-state index contributed by atoms with van der Waals surface area (Å²) in [6.07, 6.45) is -4.45. The van der Waals surface area contributed by atoms with E-state index in [9.17, 15) is 13.2 Å². The molecule has 0 aliphatic rings. The van der Waals surface area contributed by atoms with Gasteiger partial charge in [0, 0.05) is 6.07 Å². The van der Waals surface area contributed by atoms with Gasteiger partial charge in [-0.15, -0.1) is 0 Å². The van der Waals surface area contributed by atoms with Crippen LogP contribution in [0.3, 0.4) is 0 Å². The van der Waals surface area contributed by atoms with Crippen molar-refractivity contribution < 1.29 is 40.7 Å². The molecule has 0 bridgehead atoms. The Bertz CT molecular complexity index is 394. The summed E-state index contributed by atoms with van der Waals surface area (Å²) < 4.78 is 36.2. The molecule has 0 heterocycles. The first kappa shape index (κ1) is 19.6. The molecule has 0 fully saturated rings. The number of nitrogens with zero attached hydrogens (tertiary/aromatic N) is 2. The van der Waals surface area contributed by atoms with Gasteiger partial charge in [0.2, 0.25) is 5.39 Å². The van der Waals surface area contributed by atoms with Crippen LogP contribution in [0.1, 0.15) is 5.56 Å². The van der Waals surface area contributed by atoms with E-state index >= 15 is 0 Å². The molecule has 2 nitrogen and oxygen atoms in total. The van der Waals surface area contributed by atoms with Gasteiger partial charge in [0.05, 0.1) is 5.56 Å². The fraction of sp³-hybridized carbons (Fsp3) is 0.143. The van der Waals surface area contributed by atoms with Gasteiger partial charge in [0.15, 0.2) is 4.98 Å². The fourth-order valence-corrected chi connectivity index (χ4v) is 0.921. The molecule has 17 heavy (non-hydrogen) atoms. The molecule has 10 heteroatoms. The first-order chi connectivity index (χ1) is 7.36. The zero-order valence-corrected chi connectivity index (χ0v) is 14.0. The Morgan fingerprint density at radius 2 is 1.71 bits per heavy atom. The van der Waals surface area contributed by atoms with Gasteiger partial charge in [-0.05, 0) is 12.1 Å². The Kier molecular flexibility index (Phi) is 10.6. The second-order valence-corrected chi connectivity index (χ2v) is 7.40. The summed E-state index contributed by atoms with van der Waals surface area (Å²) in [4.78, 5) is 2.61. The molecule has 1 aromatic rings. The van der Waals surface area contributed by atoms with Crippen molar-refractivity contribution in [3.05, 3.63) is 33.8 Å². The standard InChI is InChI=1S/C7H3ClF3N2.3ClH.Zn/c8-5-2-1-4(7(9,10)11)3-6(5)13-12;;;;/h1-3H;3*1H;/q+1;;;;+2/p-3. The zero-order chi connectivity index (χ0) is 12.8. The minimum absolute atomic E-state index is 0. The van der Waals surface area contributed by atoms with Crippen LogP contribution >= 0.6 is 31.0 Å². The molecule has 0 saturated heterocycles. The average Bonchev–Trinajstić information content (AvgIpc) is 2.18. The van der Waals surface area contributed by atoms with Crippen molar-refractivity contribution in [2.45, 2.75) is 6.18 Å². The Morgan fingerprint density at radius 3 is 2.06 bits per heavy atom. The number of hydrogen-bond acceptors (Lipinski definition) is 1. The van der Waals surface area contributed by atoms with E-state index in [0.29, 0.717) is 6.07 Å². The number of diazo groups is 1. The second-order valence-electron chi connectivity index (χ2n) is 2.36. The number of rotatable bonds is 0. The average molecular weight is 379 g/mol. The summed E-state index contributed by atoms with van der Waals surface area (Å²) in [7, 11) is 9.90. The fourth-order valence-electron chi connectivity index (χ4n) is 0.766. The zero-order valence-electron chi connectivity index (χ0n) is 7.98. The van der Waals surface area contributed by atoms with E-state index < -0.39 is 26.9 Å². The van der Waals surface area contributed by atoms with Crippen LogP contribution in [0, 0.1) is 5.39 Å². The van der Waals surface area contributed by atoms with Crippen molar-refractivity contribution in [1.29, 1.82) is 5.39 Å². The Balaban J connectivity index is 0. The molecule has 1 aromatic carbocycles. The molecule has 0 saturated carbocycles. The maximum atomic E-state index is 12.1. The van der Waals surface area contributed by atoms with Crippen molar-refractivity contribution in [1.82, 2.24) is 0 Å². The Labute approximate surface area is 122 Å². The SMILES string of the molecule is N#[N+]c1cc(C(F)(F)F)ccc1Cl.[Cl-].[Cl][Zn][Cl]. The minimum atomic E-state index is -4.45. The number of halogens is 7. The van der Waals surface area contributed by atoms with Crippen molar-refractivity contribution in [2.75, 3.05) is 0 Å². The van der Waals surface area contributed by atoms with Crippen LogP contribution in [-0.2, 0) is 21.3 Å². The van der Waals surface area contributed by atoms with Gasteiger partial charge in [-0.2, -0.15) is 13.2 Å². The first-order valence-corrected chi connectivity index (χ1v) is 11.9. The van der Waals surface area contributed by atoms with E-state index in [1.165, 1.54) is 0 Å². The first-order valence-electron chi connectivity index (χ1n) is 3.70. The number of alkyl halides is 3. The maximum absolute atomic E-state index is 12.1. The summed E-state index contributed by atoms with van der Waals surface area (Å²) in [5.74, 6) is 0. The predicted molar refractivity (Wildman–Crippen MR) is 52.9 cm³/mol. The summed E-state index contributed by atoms with van der Waals surface area (Å²) >= 11 is 4.49. The van der Waals surface area contributed by atoms with E-state index in [1.807, 2.05) is 0 Å². The van der Waals surface area contributed by atoms with Crippen LogP contribution in [0.4, 0.5) is 18.9 Å². The van der Waals surface area contributed by atoms with Crippen LogP contribution in [0.15, 0.2) is 18.2 Å². The van der Waals surface area contributed by atoms with Crippen molar-refractivity contribution >= 4 is 36.7 Å². The summed E-state index contributed by atoms with van der Waals surface area (Å²) in [6.45, 7) is 0. The van der Waals surface area contributed by atoms with Crippen LogP contribution in [0.2, 0.25) is 5.02 Å². The van der Waals surface area contributed by atoms with Gasteiger partial charge in [-0.1, -0.05) is 11.6 Å². The summed E-state index contributed by atoms with van der Waals surface area (Å²) in [5, 5.41) is 8.25. The second kappa shape index (κ2) is 9.18. The third-order valence-electron chi connectivity index (χ3n) is 1.38. The van der Waals surface area contributed by atoms with Crippen molar-refractivity contribution in [2.24, 2.45) is 0 Å². The van der Waals surface area contributed by atoms with E-state index in [4.69, 9.17) is 36.4 Å². The molecule has 0 unspecified atom stereocenters. The third-order valence-corrected chi connectivity index (χ3v) is 1.70. The van der Waals surface area contributed by atoms with Crippen molar-refractivity contribution in [3.8, 4) is 0 Å². The predicted octanol–water partition coefficient (Wildman–Crippen LogP) is 2.22. The third kappa shape index (κ3) is 7.28. The Hall–Kier alpha value is 0.213. The molecule has 0 aromatic heterocycles. The number of benzene rings is 1. The molecule has 0 aliphatic heterocycles. The van der Waals surface area contributed by atoms with Crippen LogP contribution in [0.5, 0.6) is 0 Å². The molecular weight excluding hydrogens is 376 g/mol. The molecule has 92 valence electrons. The molecule has 0 spiro atoms. The topological polar surface area (TPSA) is 28.1 Å². The van der Waals surface area contributed by atoms with Crippen molar-refractivity contribution in [3.63, 3.8) is 0 Å². The summed E-state index contributed by atoms with van der Waals surface area (Å²) in [6, 6.07) is 2.51. The van der Waals surface area contributed by atoms with E-state index in [1.54, 1.807) is 0 Å². The van der Waals surface area contributed by atoms with Gasteiger partial charge in [0.1, 0.15) is 5.02 Å². The summed E-state index contributed by atoms with van der Waals surface area (Å²) in [5.41, 5.74) is -1.19. The van der Waals surface area contributed by atoms with Crippen LogP contribution in [0.25, 0.3) is 4.98 Å². The van der Waals surface area contributed by atoms with Gasteiger partial charge in [0.25, 0.3) is 0 Å². The van der Waals surface area contributed by atoms with Gasteiger partial charge in [-0.3, -0.25) is 0 Å². The normalized spacial score (nSPS) is 9.00. The van der Waals surface area contributed by atoms with E-state index in [2.05, 4.69) is 4.98 Å². The van der Waals surface area contributed by atoms with E-state index in [-0.39, 0.29) is 23.1 Å². The Morgan fingerprint density at radius 1 is 1.24 bits per heavy atom. The molecule has 0 N–H and O–H groups in total. The van der Waals surface area contributed by atoms with Gasteiger partial charge >= 0.3 is 46.4 Å². The quantitative estimate of drug-likeness (QED) is 0.502. The molecule has 0 amide bonds. The monoisotopic (exact) mass is 376 g/mol. The van der Waals surface area contributed by atoms with Crippen LogP contribution < -0.4 is 12.4 Å². The van der Waals surface area contributed by atoms with E-state index in [0.717, 1.165) is 12.1 Å². The molecule has 1 rings (SSSR count). The molecule has 0 aliphatic carbocycles. The molecular formula is C7H3Cl4F3N2Zn.